The van der Waals surface area contributed by atoms with E-state index in [1.807, 2.05) is 0 Å². The van der Waals surface area contributed by atoms with Crippen LogP contribution in [0.5, 0.6) is 0 Å². The van der Waals surface area contributed by atoms with Gasteiger partial charge in [-0.25, -0.2) is 0 Å². The van der Waals surface area contributed by atoms with E-state index in [0.717, 1.165) is 13.0 Å². The minimum absolute atomic E-state index is 0.419. The molecule has 0 aliphatic carbocycles. The van der Waals surface area contributed by atoms with E-state index in [1.54, 1.807) is 0 Å². The molecule has 0 radical (unpaired) electrons. The smallest absolute Gasteiger partial charge is 0.0718 e. The zero-order chi connectivity index (χ0) is 13.2. The maximum atomic E-state index is 5.64. The van der Waals surface area contributed by atoms with Crippen LogP contribution < -0.4 is 5.73 Å². The van der Waals surface area contributed by atoms with Crippen molar-refractivity contribution in [3.05, 3.63) is 35.4 Å². The van der Waals surface area contributed by atoms with Gasteiger partial charge >= 0.3 is 0 Å². The number of hydrogen-bond acceptors (Lipinski definition) is 3. The highest BCUT2D eigenvalue weighted by Crippen LogP contribution is 2.14. The molecule has 2 N–H and O–H groups in total. The van der Waals surface area contributed by atoms with Crippen molar-refractivity contribution in [2.45, 2.75) is 32.8 Å². The molecule has 1 aromatic carbocycles. The molecule has 0 saturated carbocycles. The predicted molar refractivity (Wildman–Crippen MR) is 74.7 cm³/mol. The molecule has 1 rings (SSSR count). The van der Waals surface area contributed by atoms with E-state index >= 15 is 0 Å². The third-order valence-electron chi connectivity index (χ3n) is 2.89. The van der Waals surface area contributed by atoms with Crippen molar-refractivity contribution in [1.82, 2.24) is 0 Å². The largest absolute Gasteiger partial charge is 0.379 e. The number of ether oxygens (including phenoxy) is 2. The second kappa shape index (κ2) is 9.09. The summed E-state index contributed by atoms with van der Waals surface area (Å²) in [4.78, 5) is 0. The van der Waals surface area contributed by atoms with Crippen molar-refractivity contribution in [2.24, 2.45) is 5.73 Å². The van der Waals surface area contributed by atoms with Crippen molar-refractivity contribution >= 4 is 0 Å². The molecule has 0 fully saturated rings. The van der Waals surface area contributed by atoms with E-state index in [2.05, 4.69) is 38.1 Å². The van der Waals surface area contributed by atoms with Crippen LogP contribution in [0.3, 0.4) is 0 Å². The van der Waals surface area contributed by atoms with Gasteiger partial charge in [-0.1, -0.05) is 38.1 Å². The van der Waals surface area contributed by atoms with Gasteiger partial charge in [0.05, 0.1) is 19.8 Å². The van der Waals surface area contributed by atoms with Gasteiger partial charge in [0.15, 0.2) is 0 Å². The first-order valence-electron chi connectivity index (χ1n) is 6.72. The molecule has 0 spiro atoms. The highest BCUT2D eigenvalue weighted by Gasteiger charge is 2.02. The fraction of sp³-hybridized carbons (Fsp3) is 0.600. The Bertz CT molecular complexity index is 311. The Morgan fingerprint density at radius 1 is 1.06 bits per heavy atom. The summed E-state index contributed by atoms with van der Waals surface area (Å²) < 4.78 is 10.9. The summed E-state index contributed by atoms with van der Waals surface area (Å²) in [7, 11) is 0. The van der Waals surface area contributed by atoms with E-state index < -0.39 is 0 Å². The van der Waals surface area contributed by atoms with E-state index in [1.165, 1.54) is 11.1 Å². The van der Waals surface area contributed by atoms with Crippen molar-refractivity contribution in [2.75, 3.05) is 26.4 Å². The van der Waals surface area contributed by atoms with Crippen molar-refractivity contribution in [3.8, 4) is 0 Å². The van der Waals surface area contributed by atoms with Crippen LogP contribution in [-0.4, -0.2) is 26.4 Å². The standard InChI is InChI=1S/C15H25NO2/c1-3-8-17-9-10-18-12-14-4-6-15(7-5-14)13(2)11-16/h4-7,13H,3,8-12,16H2,1-2H3. The van der Waals surface area contributed by atoms with Crippen LogP contribution in [0.4, 0.5) is 0 Å². The third kappa shape index (κ3) is 5.63. The van der Waals surface area contributed by atoms with Gasteiger partial charge < -0.3 is 15.2 Å². The van der Waals surface area contributed by atoms with Crippen LogP contribution in [0.25, 0.3) is 0 Å². The summed E-state index contributed by atoms with van der Waals surface area (Å²) in [5, 5.41) is 0. The van der Waals surface area contributed by atoms with Crippen LogP contribution in [-0.2, 0) is 16.1 Å². The zero-order valence-corrected chi connectivity index (χ0v) is 11.5. The highest BCUT2D eigenvalue weighted by molar-refractivity contribution is 5.24. The number of nitrogens with two attached hydrogens (primary N) is 1. The SMILES string of the molecule is CCCOCCOCc1ccc(C(C)CN)cc1. The van der Waals surface area contributed by atoms with Gasteiger partial charge in [-0.2, -0.15) is 0 Å². The minimum atomic E-state index is 0.419. The molecule has 3 nitrogen and oxygen atoms in total. The van der Waals surface area contributed by atoms with Crippen LogP contribution >= 0.6 is 0 Å². The minimum Gasteiger partial charge on any atom is -0.379 e. The number of hydrogen-bond donors (Lipinski definition) is 1. The van der Waals surface area contributed by atoms with Gasteiger partial charge in [-0.05, 0) is 30.0 Å². The monoisotopic (exact) mass is 251 g/mol. The van der Waals surface area contributed by atoms with Gasteiger partial charge in [-0.15, -0.1) is 0 Å². The van der Waals surface area contributed by atoms with E-state index in [-0.39, 0.29) is 0 Å². The summed E-state index contributed by atoms with van der Waals surface area (Å²) in [5.41, 5.74) is 8.12. The Kier molecular flexibility index (Phi) is 7.65. The fourth-order valence-corrected chi connectivity index (χ4v) is 1.63. The van der Waals surface area contributed by atoms with Crippen LogP contribution in [0.15, 0.2) is 24.3 Å². The molecule has 0 aliphatic heterocycles. The molecule has 1 unspecified atom stereocenters. The molecule has 102 valence electrons. The Morgan fingerprint density at radius 3 is 2.33 bits per heavy atom. The Balaban J connectivity index is 2.22. The van der Waals surface area contributed by atoms with E-state index in [4.69, 9.17) is 15.2 Å². The number of benzene rings is 1. The van der Waals surface area contributed by atoms with Crippen molar-refractivity contribution < 1.29 is 9.47 Å². The highest BCUT2D eigenvalue weighted by atomic mass is 16.5. The molecule has 0 aliphatic rings. The molecular formula is C15H25NO2. The summed E-state index contributed by atoms with van der Waals surface area (Å²) in [5.74, 6) is 0.419. The van der Waals surface area contributed by atoms with Gasteiger partial charge in [-0.3, -0.25) is 0 Å². The van der Waals surface area contributed by atoms with Crippen LogP contribution in [0.2, 0.25) is 0 Å². The molecular weight excluding hydrogens is 226 g/mol. The second-order valence-corrected chi connectivity index (χ2v) is 4.54. The average molecular weight is 251 g/mol. The zero-order valence-electron chi connectivity index (χ0n) is 11.5. The molecule has 3 heteroatoms. The lowest BCUT2D eigenvalue weighted by Crippen LogP contribution is -2.09. The van der Waals surface area contributed by atoms with Crippen molar-refractivity contribution in [1.29, 1.82) is 0 Å². The first-order chi connectivity index (χ1) is 8.77. The molecule has 18 heavy (non-hydrogen) atoms. The van der Waals surface area contributed by atoms with Crippen molar-refractivity contribution in [3.63, 3.8) is 0 Å². The molecule has 0 heterocycles. The number of rotatable bonds is 9. The summed E-state index contributed by atoms with van der Waals surface area (Å²) >= 11 is 0. The van der Waals surface area contributed by atoms with Gasteiger partial charge in [0.25, 0.3) is 0 Å². The van der Waals surface area contributed by atoms with Gasteiger partial charge in [0.2, 0.25) is 0 Å². The lowest BCUT2D eigenvalue weighted by Gasteiger charge is -2.10. The summed E-state index contributed by atoms with van der Waals surface area (Å²) in [6.45, 7) is 7.71. The second-order valence-electron chi connectivity index (χ2n) is 4.54. The summed E-state index contributed by atoms with van der Waals surface area (Å²) in [6, 6.07) is 8.47. The summed E-state index contributed by atoms with van der Waals surface area (Å²) in [6.07, 6.45) is 1.06. The average Bonchev–Trinajstić information content (AvgIpc) is 2.42. The maximum absolute atomic E-state index is 5.64. The first-order valence-corrected chi connectivity index (χ1v) is 6.72. The maximum Gasteiger partial charge on any atom is 0.0718 e. The van der Waals surface area contributed by atoms with E-state index in [9.17, 15) is 0 Å². The Morgan fingerprint density at radius 2 is 1.72 bits per heavy atom. The molecule has 0 bridgehead atoms. The predicted octanol–water partition coefficient (Wildman–Crippen LogP) is 2.69. The third-order valence-corrected chi connectivity index (χ3v) is 2.89. The molecule has 0 amide bonds. The molecule has 1 atom stereocenters. The Labute approximate surface area is 110 Å². The van der Waals surface area contributed by atoms with Gasteiger partial charge in [0, 0.05) is 6.61 Å². The van der Waals surface area contributed by atoms with Crippen LogP contribution in [0.1, 0.15) is 37.3 Å². The Hall–Kier alpha value is -0.900. The van der Waals surface area contributed by atoms with Crippen LogP contribution in [0, 0.1) is 0 Å². The quantitative estimate of drug-likeness (QED) is 0.686. The lowest BCUT2D eigenvalue weighted by atomic mass is 10.0. The molecule has 0 saturated heterocycles. The topological polar surface area (TPSA) is 44.5 Å². The molecule has 0 aromatic heterocycles. The fourth-order valence-electron chi connectivity index (χ4n) is 1.63. The normalized spacial score (nSPS) is 12.6. The first kappa shape index (κ1) is 15.2. The van der Waals surface area contributed by atoms with E-state index in [0.29, 0.717) is 32.3 Å². The molecule has 1 aromatic rings. The van der Waals surface area contributed by atoms with Gasteiger partial charge in [0.1, 0.15) is 0 Å². The lowest BCUT2D eigenvalue weighted by molar-refractivity contribution is 0.0408.